The molecule has 46 heavy (non-hydrogen) atoms. The van der Waals surface area contributed by atoms with Crippen LogP contribution in [0.1, 0.15) is 95.2 Å². The number of fused-ring (bicyclic) bond motifs is 3. The average Bonchev–Trinajstić information content (AvgIpc) is 3.31. The highest BCUT2D eigenvalue weighted by molar-refractivity contribution is 7.79. The van der Waals surface area contributed by atoms with Gasteiger partial charge in [-0.3, -0.25) is 4.55 Å². The molecule has 0 bridgehead atoms. The predicted octanol–water partition coefficient (Wildman–Crippen LogP) is 7.14. The number of thiol groups is 2. The lowest BCUT2D eigenvalue weighted by Gasteiger charge is -2.50. The largest absolute Gasteiger partial charge is 1.00 e. The molecule has 0 aliphatic heterocycles. The van der Waals surface area contributed by atoms with Crippen molar-refractivity contribution in [3.05, 3.63) is 83.4 Å². The van der Waals surface area contributed by atoms with Crippen molar-refractivity contribution in [2.24, 2.45) is 0 Å². The predicted molar refractivity (Wildman–Crippen MR) is 183 cm³/mol. The monoisotopic (exact) mass is 706 g/mol. The molecule has 6 rings (SSSR count). The quantitative estimate of drug-likeness (QED) is 0.0922. The van der Waals surface area contributed by atoms with Gasteiger partial charge in [0.15, 0.2) is 21.4 Å². The van der Waals surface area contributed by atoms with Gasteiger partial charge in [0.2, 0.25) is 10.4 Å². The Morgan fingerprint density at radius 2 is 1.24 bits per heavy atom. The Hall–Kier alpha value is -2.14. The molecule has 0 spiro atoms. The fourth-order valence-corrected chi connectivity index (χ4v) is 14.0. The zero-order valence-electron chi connectivity index (χ0n) is 26.8. The molecule has 3 aliphatic carbocycles. The van der Waals surface area contributed by atoms with E-state index in [0.717, 1.165) is 24.8 Å². The summed E-state index contributed by atoms with van der Waals surface area (Å²) in [5.74, 6) is 0. The molecular weight excluding hydrogens is 664 g/mol. The summed E-state index contributed by atoms with van der Waals surface area (Å²) in [7, 11) is -10.6. The normalized spacial score (nSPS) is 20.4. The van der Waals surface area contributed by atoms with Gasteiger partial charge in [-0.05, 0) is 108 Å². The third kappa shape index (κ3) is 8.10. The van der Waals surface area contributed by atoms with E-state index in [1.54, 1.807) is 18.2 Å². The molecule has 3 aromatic rings. The van der Waals surface area contributed by atoms with E-state index in [1.165, 1.54) is 86.5 Å². The van der Waals surface area contributed by atoms with E-state index in [2.05, 4.69) is 30.3 Å². The van der Waals surface area contributed by atoms with Crippen molar-refractivity contribution in [3.8, 4) is 11.1 Å². The van der Waals surface area contributed by atoms with E-state index >= 15 is 0 Å². The van der Waals surface area contributed by atoms with Gasteiger partial charge in [-0.25, -0.2) is 25.3 Å². The van der Waals surface area contributed by atoms with Crippen LogP contribution >= 0.6 is 7.92 Å². The number of hydrogen-bond acceptors (Lipinski definition) is 7. The Balaban J connectivity index is 0.000000776. The van der Waals surface area contributed by atoms with Crippen molar-refractivity contribution >= 4 is 39.7 Å². The molecule has 0 amide bonds. The van der Waals surface area contributed by atoms with E-state index in [0.29, 0.717) is 21.1 Å². The van der Waals surface area contributed by atoms with Crippen molar-refractivity contribution in [1.29, 1.82) is 0 Å². The second-order valence-corrected chi connectivity index (χ2v) is 18.5. The Kier molecular flexibility index (Phi) is 11.8. The van der Waals surface area contributed by atoms with Gasteiger partial charge >= 0.3 is 1.43 Å². The summed E-state index contributed by atoms with van der Waals surface area (Å²) in [5.41, 5.74) is 7.77. The molecule has 0 saturated heterocycles. The molecule has 0 heterocycles. The van der Waals surface area contributed by atoms with Crippen LogP contribution in [0.15, 0.2) is 76.5 Å². The molecule has 3 aliphatic rings. The first-order valence-electron chi connectivity index (χ1n) is 16.1. The molecule has 0 aromatic heterocycles. The van der Waals surface area contributed by atoms with E-state index < -0.39 is 39.7 Å². The van der Waals surface area contributed by atoms with Gasteiger partial charge in [0, 0.05) is 5.16 Å². The van der Waals surface area contributed by atoms with Gasteiger partial charge in [-0.15, -0.1) is 0 Å². The van der Waals surface area contributed by atoms with Crippen LogP contribution in [-0.2, 0) is 43.4 Å². The summed E-state index contributed by atoms with van der Waals surface area (Å²) in [6.07, 6.45) is 15.9. The smallest absolute Gasteiger partial charge is 0.726 e. The van der Waals surface area contributed by atoms with Crippen LogP contribution in [0.4, 0.5) is 0 Å². The van der Waals surface area contributed by atoms with Gasteiger partial charge in [0.1, 0.15) is 0 Å². The van der Waals surface area contributed by atoms with Crippen molar-refractivity contribution in [2.75, 3.05) is 0 Å². The van der Waals surface area contributed by atoms with Crippen LogP contribution < -0.4 is 0 Å². The topological polar surface area (TPSA) is 146 Å². The molecule has 2 fully saturated rings. The summed E-state index contributed by atoms with van der Waals surface area (Å²) in [6.45, 7) is 0. The highest BCUT2D eigenvalue weighted by Crippen LogP contribution is 2.75. The Morgan fingerprint density at radius 3 is 1.78 bits per heavy atom. The average molecular weight is 707 g/mol. The minimum atomic E-state index is -4.92. The minimum absolute atomic E-state index is 0. The zero-order valence-corrected chi connectivity index (χ0v) is 29.3. The second kappa shape index (κ2) is 15.4. The molecule has 2 saturated carbocycles. The minimum Gasteiger partial charge on any atom is -0.726 e. The van der Waals surface area contributed by atoms with Gasteiger partial charge < -0.3 is 4.55 Å². The summed E-state index contributed by atoms with van der Waals surface area (Å²) < 4.78 is 80.3. The molecule has 1 N–H and O–H groups in total. The maximum atomic E-state index is 12.3. The van der Waals surface area contributed by atoms with Crippen molar-refractivity contribution < 1.29 is 35.8 Å². The Bertz CT molecular complexity index is 1740. The maximum absolute atomic E-state index is 12.3. The lowest BCUT2D eigenvalue weighted by Crippen LogP contribution is -2.35. The highest BCUT2D eigenvalue weighted by Gasteiger charge is 2.52. The summed E-state index contributed by atoms with van der Waals surface area (Å²) in [5, 5.41) is -0.162. The first kappa shape index (κ1) is 35.2. The first-order valence-corrected chi connectivity index (χ1v) is 21.3. The van der Waals surface area contributed by atoms with E-state index in [9.17, 15) is 16.8 Å². The molecule has 3 aromatic carbocycles. The molecule has 12 heteroatoms. The third-order valence-corrected chi connectivity index (χ3v) is 15.5. The van der Waals surface area contributed by atoms with Crippen LogP contribution in [0.5, 0.6) is 0 Å². The lowest BCUT2D eigenvalue weighted by molar-refractivity contribution is 0.366. The molecule has 1 unspecified atom stereocenters. The molecule has 1 atom stereocenters. The number of aryl methyl sites for hydroxylation is 1. The maximum Gasteiger partial charge on any atom is 1.00 e. The molecular formula is C34H43O8PS3. The third-order valence-electron chi connectivity index (χ3n) is 9.85. The van der Waals surface area contributed by atoms with E-state index in [-0.39, 0.29) is 6.58 Å². The van der Waals surface area contributed by atoms with Crippen LogP contribution in [0.2, 0.25) is 0 Å². The van der Waals surface area contributed by atoms with E-state index in [1.807, 2.05) is 18.2 Å². The van der Waals surface area contributed by atoms with Gasteiger partial charge in [-0.2, -0.15) is 0 Å². The standard InChI is InChI=1S/C34H41O4PS2.H2O4S/c35-40(36)28-19-17-25(18-20-28)10-9-23-34(39(26-11-3-1-4-12-26)27-13-5-2-6-14-27)32-16-8-7-15-30(32)31-22-21-29(41(37)38)24-33(31)34;1-5(2,3)4/h7-8,15-22,24,26-27,40-41H,1-6,9-14,23H2;(H2,1,2,3,4). The van der Waals surface area contributed by atoms with Crippen molar-refractivity contribution in [1.82, 2.24) is 0 Å². The zero-order chi connectivity index (χ0) is 32.9. The van der Waals surface area contributed by atoms with Gasteiger partial charge in [0.25, 0.3) is 0 Å². The molecule has 8 nitrogen and oxygen atoms in total. The van der Waals surface area contributed by atoms with Crippen LogP contribution in [0, 0.1) is 0 Å². The Labute approximate surface area is 278 Å². The van der Waals surface area contributed by atoms with Gasteiger partial charge in [-0.1, -0.05) is 88.9 Å². The van der Waals surface area contributed by atoms with Crippen molar-refractivity contribution in [2.45, 2.75) is 110 Å². The van der Waals surface area contributed by atoms with Crippen LogP contribution in [0.25, 0.3) is 11.1 Å². The van der Waals surface area contributed by atoms with Gasteiger partial charge in [0.05, 0.1) is 9.79 Å². The summed E-state index contributed by atoms with van der Waals surface area (Å²) in [4.78, 5) is 0.789. The summed E-state index contributed by atoms with van der Waals surface area (Å²) in [6, 6.07) is 22.2. The highest BCUT2D eigenvalue weighted by atomic mass is 32.3. The number of rotatable bonds is 9. The number of hydrogen-bond donors (Lipinski definition) is 3. The second-order valence-electron chi connectivity index (χ2n) is 12.6. The fraction of sp³-hybridized carbons (Fsp3) is 0.471. The molecule has 250 valence electrons. The summed E-state index contributed by atoms with van der Waals surface area (Å²) >= 11 is 0. The fourth-order valence-electron chi connectivity index (χ4n) is 8.10. The van der Waals surface area contributed by atoms with E-state index in [4.69, 9.17) is 17.5 Å². The van der Waals surface area contributed by atoms with Crippen molar-refractivity contribution in [3.63, 3.8) is 0 Å². The molecule has 0 radical (unpaired) electrons. The lowest BCUT2D eigenvalue weighted by atomic mass is 9.89. The van der Waals surface area contributed by atoms with Crippen LogP contribution in [0.3, 0.4) is 0 Å². The first-order chi connectivity index (χ1) is 22.0. The van der Waals surface area contributed by atoms with Crippen LogP contribution in [-0.4, -0.2) is 45.7 Å². The number of benzene rings is 3. The Morgan fingerprint density at radius 1 is 0.739 bits per heavy atom. The SMILES string of the molecule is O=S(=O)([O-])O.O=[SH](=O)c1ccc(CCCC2(P(C3CCCCC3)C3CCCCC3)c3ccccc3-c3ccc([SH](=O)=O)cc32)cc1.[H+].